The van der Waals surface area contributed by atoms with E-state index < -0.39 is 0 Å². The van der Waals surface area contributed by atoms with Crippen LogP contribution >= 0.6 is 34.2 Å². The van der Waals surface area contributed by atoms with Crippen LogP contribution in [0.1, 0.15) is 24.5 Å². The number of nitrogens with zero attached hydrogens (tertiary/aromatic N) is 2. The molecule has 4 nitrogen and oxygen atoms in total. The van der Waals surface area contributed by atoms with E-state index in [0.717, 1.165) is 18.5 Å². The molecule has 0 atom stereocenters. The summed E-state index contributed by atoms with van der Waals surface area (Å²) in [6, 6.07) is 3.48. The van der Waals surface area contributed by atoms with Crippen LogP contribution in [0.2, 0.25) is 5.02 Å². The van der Waals surface area contributed by atoms with E-state index in [1.807, 2.05) is 22.6 Å². The summed E-state index contributed by atoms with van der Waals surface area (Å²) in [5.41, 5.74) is 1.27. The van der Waals surface area contributed by atoms with Crippen LogP contribution in [-0.4, -0.2) is 15.0 Å². The number of hydrogen-bond acceptors (Lipinski definition) is 3. The van der Waals surface area contributed by atoms with Crippen molar-refractivity contribution in [3.63, 3.8) is 0 Å². The molecule has 0 aromatic carbocycles. The first-order chi connectivity index (χ1) is 8.66. The predicted octanol–water partition coefficient (Wildman–Crippen LogP) is 2.97. The molecule has 2 heterocycles. The maximum atomic E-state index is 11.9. The van der Waals surface area contributed by atoms with Crippen molar-refractivity contribution in [1.29, 1.82) is 0 Å². The molecule has 1 aliphatic carbocycles. The minimum atomic E-state index is -0.121. The zero-order chi connectivity index (χ0) is 12.7. The standard InChI is InChI=1S/C12H9ClIN3O/c13-7-2-1-5-15-10(7)11-16-9(6-3-4-6)8(14)12(18)17-11/h1-2,5-6H,3-4H2,(H,16,17,18). The second kappa shape index (κ2) is 4.62. The van der Waals surface area contributed by atoms with Gasteiger partial charge in [-0.1, -0.05) is 11.6 Å². The number of aromatic nitrogens is 3. The van der Waals surface area contributed by atoms with Crippen molar-refractivity contribution in [2.24, 2.45) is 0 Å². The Balaban J connectivity index is 2.19. The average Bonchev–Trinajstić information content (AvgIpc) is 3.17. The lowest BCUT2D eigenvalue weighted by molar-refractivity contribution is 0.952. The lowest BCUT2D eigenvalue weighted by Crippen LogP contribution is -2.16. The first-order valence-corrected chi connectivity index (χ1v) is 7.03. The maximum Gasteiger partial charge on any atom is 0.264 e. The number of rotatable bonds is 2. The van der Waals surface area contributed by atoms with Gasteiger partial charge >= 0.3 is 0 Å². The van der Waals surface area contributed by atoms with Crippen molar-refractivity contribution >= 4 is 34.2 Å². The van der Waals surface area contributed by atoms with E-state index >= 15 is 0 Å². The molecule has 1 N–H and O–H groups in total. The molecule has 0 unspecified atom stereocenters. The number of nitrogens with one attached hydrogen (secondary N) is 1. The summed E-state index contributed by atoms with van der Waals surface area (Å²) in [6.45, 7) is 0. The van der Waals surface area contributed by atoms with Gasteiger partial charge in [-0.2, -0.15) is 0 Å². The van der Waals surface area contributed by atoms with E-state index in [1.54, 1.807) is 18.3 Å². The Morgan fingerprint density at radius 3 is 2.89 bits per heavy atom. The van der Waals surface area contributed by atoms with Crippen LogP contribution < -0.4 is 5.56 Å². The molecule has 18 heavy (non-hydrogen) atoms. The Bertz CT molecular complexity index is 667. The summed E-state index contributed by atoms with van der Waals surface area (Å²) < 4.78 is 0.672. The van der Waals surface area contributed by atoms with Crippen LogP contribution in [0.15, 0.2) is 23.1 Å². The first-order valence-electron chi connectivity index (χ1n) is 5.57. The van der Waals surface area contributed by atoms with E-state index in [2.05, 4.69) is 15.0 Å². The van der Waals surface area contributed by atoms with Crippen LogP contribution in [0, 0.1) is 3.57 Å². The lowest BCUT2D eigenvalue weighted by atomic mass is 10.2. The van der Waals surface area contributed by atoms with Gasteiger partial charge in [-0.25, -0.2) is 4.98 Å². The summed E-state index contributed by atoms with van der Waals surface area (Å²) in [5.74, 6) is 0.869. The Labute approximate surface area is 122 Å². The van der Waals surface area contributed by atoms with Crippen LogP contribution in [0.25, 0.3) is 11.5 Å². The van der Waals surface area contributed by atoms with Gasteiger partial charge in [0.15, 0.2) is 5.82 Å². The predicted molar refractivity (Wildman–Crippen MR) is 77.8 cm³/mol. The van der Waals surface area contributed by atoms with Gasteiger partial charge in [0.05, 0.1) is 10.7 Å². The molecule has 1 saturated carbocycles. The molecular formula is C12H9ClIN3O. The molecule has 2 aromatic heterocycles. The van der Waals surface area contributed by atoms with Crippen LogP contribution in [0.4, 0.5) is 0 Å². The van der Waals surface area contributed by atoms with Crippen molar-refractivity contribution in [2.45, 2.75) is 18.8 Å². The number of H-pyrrole nitrogens is 1. The SMILES string of the molecule is O=c1[nH]c(-c2ncccc2Cl)nc(C2CC2)c1I. The summed E-state index contributed by atoms with van der Waals surface area (Å²) in [5, 5.41) is 0.489. The highest BCUT2D eigenvalue weighted by atomic mass is 127. The zero-order valence-electron chi connectivity index (χ0n) is 9.28. The van der Waals surface area contributed by atoms with Gasteiger partial charge in [0.25, 0.3) is 5.56 Å². The fourth-order valence-electron chi connectivity index (χ4n) is 1.78. The minimum Gasteiger partial charge on any atom is -0.304 e. The van der Waals surface area contributed by atoms with Crippen molar-refractivity contribution in [1.82, 2.24) is 15.0 Å². The largest absolute Gasteiger partial charge is 0.304 e. The fourth-order valence-corrected chi connectivity index (χ4v) is 2.68. The summed E-state index contributed by atoms with van der Waals surface area (Å²) in [6.07, 6.45) is 3.83. The monoisotopic (exact) mass is 373 g/mol. The molecule has 0 bridgehead atoms. The highest BCUT2D eigenvalue weighted by Gasteiger charge is 2.29. The number of halogens is 2. The molecule has 1 fully saturated rings. The molecule has 3 rings (SSSR count). The number of pyridine rings is 1. The average molecular weight is 374 g/mol. The van der Waals surface area contributed by atoms with Crippen LogP contribution in [-0.2, 0) is 0 Å². The van der Waals surface area contributed by atoms with E-state index in [-0.39, 0.29) is 5.56 Å². The quantitative estimate of drug-likeness (QED) is 0.824. The molecule has 1 aliphatic rings. The van der Waals surface area contributed by atoms with E-state index in [0.29, 0.717) is 26.0 Å². The van der Waals surface area contributed by atoms with Gasteiger partial charge < -0.3 is 4.98 Å². The molecule has 0 spiro atoms. The third kappa shape index (κ3) is 2.16. The Morgan fingerprint density at radius 2 is 2.22 bits per heavy atom. The number of aromatic amines is 1. The van der Waals surface area contributed by atoms with Gasteiger partial charge in [-0.05, 0) is 47.6 Å². The number of hydrogen-bond donors (Lipinski definition) is 1. The Morgan fingerprint density at radius 1 is 1.44 bits per heavy atom. The normalized spacial score (nSPS) is 14.8. The highest BCUT2D eigenvalue weighted by molar-refractivity contribution is 14.1. The Hall–Kier alpha value is -0.950. The minimum absolute atomic E-state index is 0.121. The fraction of sp³-hybridized carbons (Fsp3) is 0.250. The van der Waals surface area contributed by atoms with E-state index in [4.69, 9.17) is 11.6 Å². The second-order valence-electron chi connectivity index (χ2n) is 4.22. The van der Waals surface area contributed by atoms with Crippen molar-refractivity contribution in [3.8, 4) is 11.5 Å². The summed E-state index contributed by atoms with van der Waals surface area (Å²) in [4.78, 5) is 23.3. The van der Waals surface area contributed by atoms with Crippen LogP contribution in [0.5, 0.6) is 0 Å². The maximum absolute atomic E-state index is 11.9. The molecule has 0 aliphatic heterocycles. The van der Waals surface area contributed by atoms with Gasteiger partial charge in [0.1, 0.15) is 9.26 Å². The van der Waals surface area contributed by atoms with Crippen LogP contribution in [0.3, 0.4) is 0 Å². The lowest BCUT2D eigenvalue weighted by Gasteiger charge is -2.06. The highest BCUT2D eigenvalue weighted by Crippen LogP contribution is 2.40. The third-order valence-corrected chi connectivity index (χ3v) is 4.18. The molecule has 2 aromatic rings. The van der Waals surface area contributed by atoms with E-state index in [9.17, 15) is 4.79 Å². The van der Waals surface area contributed by atoms with Crippen molar-refractivity contribution in [2.75, 3.05) is 0 Å². The van der Waals surface area contributed by atoms with Gasteiger partial charge in [-0.15, -0.1) is 0 Å². The van der Waals surface area contributed by atoms with Gasteiger partial charge in [0.2, 0.25) is 0 Å². The molecule has 0 saturated heterocycles. The van der Waals surface area contributed by atoms with Crippen molar-refractivity contribution < 1.29 is 0 Å². The molecule has 0 amide bonds. The Kier molecular flexibility index (Phi) is 3.11. The van der Waals surface area contributed by atoms with Crippen molar-refractivity contribution in [3.05, 3.63) is 43.0 Å². The molecule has 0 radical (unpaired) electrons. The zero-order valence-corrected chi connectivity index (χ0v) is 12.2. The topological polar surface area (TPSA) is 58.6 Å². The summed E-state index contributed by atoms with van der Waals surface area (Å²) in [7, 11) is 0. The molecule has 6 heteroatoms. The molecule has 92 valence electrons. The van der Waals surface area contributed by atoms with E-state index in [1.165, 1.54) is 0 Å². The molecular weight excluding hydrogens is 365 g/mol. The second-order valence-corrected chi connectivity index (χ2v) is 5.71. The van der Waals surface area contributed by atoms with Gasteiger partial charge in [0, 0.05) is 12.1 Å². The van der Waals surface area contributed by atoms with Gasteiger partial charge in [-0.3, -0.25) is 9.78 Å². The summed E-state index contributed by atoms with van der Waals surface area (Å²) >= 11 is 8.12. The smallest absolute Gasteiger partial charge is 0.264 e. The third-order valence-electron chi connectivity index (χ3n) is 2.84. The first kappa shape index (κ1) is 12.1.